The van der Waals surface area contributed by atoms with E-state index in [0.29, 0.717) is 12.0 Å². The minimum atomic E-state index is -0.187. The number of rotatable bonds is 4. The summed E-state index contributed by atoms with van der Waals surface area (Å²) in [4.78, 5) is 16.6. The van der Waals surface area contributed by atoms with Crippen LogP contribution in [0.3, 0.4) is 0 Å². The zero-order valence-corrected chi connectivity index (χ0v) is 15.6. The van der Waals surface area contributed by atoms with Gasteiger partial charge in [-0.1, -0.05) is 32.4 Å². The van der Waals surface area contributed by atoms with E-state index >= 15 is 0 Å². The fraction of sp³-hybridized carbons (Fsp3) is 0.650. The summed E-state index contributed by atoms with van der Waals surface area (Å²) in [6.07, 6.45) is 3.10. The molecule has 138 valence electrons. The maximum Gasteiger partial charge on any atom is 0.317 e. The van der Waals surface area contributed by atoms with Crippen LogP contribution in [0.2, 0.25) is 0 Å². The van der Waals surface area contributed by atoms with Crippen molar-refractivity contribution in [1.82, 2.24) is 15.1 Å². The van der Waals surface area contributed by atoms with Gasteiger partial charge in [0.25, 0.3) is 0 Å². The molecule has 25 heavy (non-hydrogen) atoms. The van der Waals surface area contributed by atoms with Gasteiger partial charge in [-0.25, -0.2) is 9.18 Å². The molecule has 0 aliphatic carbocycles. The molecule has 2 aliphatic heterocycles. The third-order valence-electron chi connectivity index (χ3n) is 6.12. The molecule has 0 aromatic heterocycles. The number of nitrogens with one attached hydrogen (secondary N) is 1. The van der Waals surface area contributed by atoms with Crippen LogP contribution in [0.4, 0.5) is 9.18 Å². The quantitative estimate of drug-likeness (QED) is 0.902. The average molecular weight is 347 g/mol. The maximum atomic E-state index is 13.2. The second-order valence-corrected chi connectivity index (χ2v) is 7.92. The summed E-state index contributed by atoms with van der Waals surface area (Å²) in [6.45, 7) is 7.71. The van der Waals surface area contributed by atoms with Crippen molar-refractivity contribution in [3.05, 3.63) is 35.6 Å². The van der Waals surface area contributed by atoms with Crippen LogP contribution >= 0.6 is 0 Å². The Hall–Kier alpha value is -1.62. The number of piperidine rings is 1. The molecule has 0 radical (unpaired) electrons. The number of benzene rings is 1. The van der Waals surface area contributed by atoms with Gasteiger partial charge in [-0.15, -0.1) is 0 Å². The highest BCUT2D eigenvalue weighted by Gasteiger charge is 2.52. The molecule has 2 aliphatic rings. The molecule has 5 heteroatoms. The molecule has 0 bridgehead atoms. The van der Waals surface area contributed by atoms with E-state index < -0.39 is 0 Å². The van der Waals surface area contributed by atoms with Crippen molar-refractivity contribution < 1.29 is 9.18 Å². The molecule has 2 atom stereocenters. The largest absolute Gasteiger partial charge is 0.338 e. The first-order valence-electron chi connectivity index (χ1n) is 9.43. The number of carbonyl (C=O) groups is 1. The number of carbonyl (C=O) groups excluding carboxylic acids is 1. The fourth-order valence-electron chi connectivity index (χ4n) is 4.39. The third-order valence-corrected chi connectivity index (χ3v) is 6.12. The number of amides is 2. The highest BCUT2D eigenvalue weighted by Crippen LogP contribution is 2.54. The monoisotopic (exact) mass is 347 g/mol. The van der Waals surface area contributed by atoms with Crippen molar-refractivity contribution in [2.45, 2.75) is 39.2 Å². The lowest BCUT2D eigenvalue weighted by Crippen LogP contribution is -2.61. The van der Waals surface area contributed by atoms with Crippen molar-refractivity contribution in [2.24, 2.45) is 11.3 Å². The van der Waals surface area contributed by atoms with Gasteiger partial charge in [0.1, 0.15) is 5.82 Å². The smallest absolute Gasteiger partial charge is 0.317 e. The first-order valence-corrected chi connectivity index (χ1v) is 9.43. The summed E-state index contributed by atoms with van der Waals surface area (Å²) >= 11 is 0. The van der Waals surface area contributed by atoms with Gasteiger partial charge in [0, 0.05) is 37.6 Å². The molecule has 1 spiro atoms. The molecule has 2 saturated heterocycles. The normalized spacial score (nSPS) is 24.0. The van der Waals surface area contributed by atoms with Gasteiger partial charge in [-0.3, -0.25) is 4.90 Å². The SMILES string of the molecule is CC[C@H](C)CNC(=O)N1CCC2(CC1)CN(C)C2c1ccc(F)cc1. The molecule has 3 rings (SSSR count). The van der Waals surface area contributed by atoms with Gasteiger partial charge in [-0.2, -0.15) is 0 Å². The van der Waals surface area contributed by atoms with Crippen LogP contribution in [0, 0.1) is 17.2 Å². The number of hydrogen-bond acceptors (Lipinski definition) is 2. The first kappa shape index (κ1) is 18.2. The van der Waals surface area contributed by atoms with Crippen LogP contribution in [0.1, 0.15) is 44.7 Å². The van der Waals surface area contributed by atoms with Crippen LogP contribution in [-0.4, -0.2) is 49.1 Å². The van der Waals surface area contributed by atoms with E-state index in [1.165, 1.54) is 5.56 Å². The number of nitrogens with zero attached hydrogens (tertiary/aromatic N) is 2. The van der Waals surface area contributed by atoms with Gasteiger partial charge in [0.05, 0.1) is 0 Å². The Labute approximate surface area is 150 Å². The highest BCUT2D eigenvalue weighted by atomic mass is 19.1. The summed E-state index contributed by atoms with van der Waals surface area (Å²) < 4.78 is 13.2. The van der Waals surface area contributed by atoms with Crippen molar-refractivity contribution in [3.63, 3.8) is 0 Å². The highest BCUT2D eigenvalue weighted by molar-refractivity contribution is 5.74. The fourth-order valence-corrected chi connectivity index (χ4v) is 4.39. The summed E-state index contributed by atoms with van der Waals surface area (Å²) in [5.41, 5.74) is 1.41. The lowest BCUT2D eigenvalue weighted by atomic mass is 9.63. The van der Waals surface area contributed by atoms with Gasteiger partial charge >= 0.3 is 6.03 Å². The van der Waals surface area contributed by atoms with Gasteiger partial charge < -0.3 is 10.2 Å². The van der Waals surface area contributed by atoms with E-state index in [0.717, 1.165) is 45.4 Å². The summed E-state index contributed by atoms with van der Waals surface area (Å²) in [5.74, 6) is 0.329. The number of likely N-dealkylation sites (tertiary alicyclic amines) is 2. The zero-order valence-electron chi connectivity index (χ0n) is 15.6. The Morgan fingerprint density at radius 3 is 2.52 bits per heavy atom. The average Bonchev–Trinajstić information content (AvgIpc) is 2.61. The van der Waals surface area contributed by atoms with Crippen LogP contribution in [0.25, 0.3) is 0 Å². The van der Waals surface area contributed by atoms with E-state index in [-0.39, 0.29) is 17.3 Å². The molecule has 4 nitrogen and oxygen atoms in total. The second-order valence-electron chi connectivity index (χ2n) is 7.92. The second kappa shape index (κ2) is 7.32. The standard InChI is InChI=1S/C20H30FN3O/c1-4-15(2)13-22-19(25)24-11-9-20(10-12-24)14-23(3)18(20)16-5-7-17(21)8-6-16/h5-8,15,18H,4,9-14H2,1-3H3,(H,22,25)/t15-,18?/m0/s1. The van der Waals surface area contributed by atoms with Crippen molar-refractivity contribution >= 4 is 6.03 Å². The maximum absolute atomic E-state index is 13.2. The minimum Gasteiger partial charge on any atom is -0.338 e. The summed E-state index contributed by atoms with van der Waals surface area (Å²) in [5, 5.41) is 3.06. The lowest BCUT2D eigenvalue weighted by Gasteiger charge is -2.59. The van der Waals surface area contributed by atoms with Gasteiger partial charge in [0.2, 0.25) is 0 Å². The van der Waals surface area contributed by atoms with E-state index in [4.69, 9.17) is 0 Å². The van der Waals surface area contributed by atoms with Crippen LogP contribution < -0.4 is 5.32 Å². The van der Waals surface area contributed by atoms with Gasteiger partial charge in [0.15, 0.2) is 0 Å². The van der Waals surface area contributed by atoms with Crippen molar-refractivity contribution in [3.8, 4) is 0 Å². The predicted octanol–water partition coefficient (Wildman–Crippen LogP) is 3.65. The molecule has 1 aromatic carbocycles. The van der Waals surface area contributed by atoms with Crippen LogP contribution in [0.15, 0.2) is 24.3 Å². The Morgan fingerprint density at radius 1 is 1.32 bits per heavy atom. The van der Waals surface area contributed by atoms with Crippen LogP contribution in [-0.2, 0) is 0 Å². The van der Waals surface area contributed by atoms with Crippen molar-refractivity contribution in [1.29, 1.82) is 0 Å². The predicted molar refractivity (Wildman–Crippen MR) is 97.9 cm³/mol. The van der Waals surface area contributed by atoms with E-state index in [2.05, 4.69) is 31.1 Å². The zero-order chi connectivity index (χ0) is 18.0. The molecule has 2 amide bonds. The Kier molecular flexibility index (Phi) is 5.32. The lowest BCUT2D eigenvalue weighted by molar-refractivity contribution is -0.0920. The van der Waals surface area contributed by atoms with Crippen LogP contribution in [0.5, 0.6) is 0 Å². The molecular weight excluding hydrogens is 317 g/mol. The summed E-state index contributed by atoms with van der Waals surface area (Å²) in [7, 11) is 2.13. The number of hydrogen-bond donors (Lipinski definition) is 1. The summed E-state index contributed by atoms with van der Waals surface area (Å²) in [6, 6.07) is 7.31. The molecule has 1 aromatic rings. The molecular formula is C20H30FN3O. The topological polar surface area (TPSA) is 35.6 Å². The first-order chi connectivity index (χ1) is 11.9. The number of urea groups is 1. The Bertz CT molecular complexity index is 595. The molecule has 0 saturated carbocycles. The third kappa shape index (κ3) is 3.66. The van der Waals surface area contributed by atoms with Crippen molar-refractivity contribution in [2.75, 3.05) is 33.2 Å². The van der Waals surface area contributed by atoms with E-state index in [1.807, 2.05) is 17.0 Å². The Morgan fingerprint density at radius 2 is 1.96 bits per heavy atom. The van der Waals surface area contributed by atoms with E-state index in [1.54, 1.807) is 12.1 Å². The minimum absolute atomic E-state index is 0.0705. The Balaban J connectivity index is 1.59. The molecule has 1 unspecified atom stereocenters. The molecule has 2 fully saturated rings. The van der Waals surface area contributed by atoms with Gasteiger partial charge in [-0.05, 0) is 43.5 Å². The number of halogens is 1. The molecule has 2 heterocycles. The molecule has 1 N–H and O–H groups in total. The van der Waals surface area contributed by atoms with E-state index in [9.17, 15) is 9.18 Å².